The summed E-state index contributed by atoms with van der Waals surface area (Å²) in [5, 5.41) is 3.50. The molecule has 0 saturated heterocycles. The van der Waals surface area contributed by atoms with Gasteiger partial charge in [-0.3, -0.25) is 9.59 Å². The predicted octanol–water partition coefficient (Wildman–Crippen LogP) is 4.35. The number of hydrogen-bond acceptors (Lipinski definition) is 2. The third kappa shape index (κ3) is 5.33. The average Bonchev–Trinajstić information content (AvgIpc) is 2.64. The Labute approximate surface area is 160 Å². The van der Waals surface area contributed by atoms with Crippen LogP contribution in [0.3, 0.4) is 0 Å². The van der Waals surface area contributed by atoms with Crippen molar-refractivity contribution in [2.45, 2.75) is 39.3 Å². The van der Waals surface area contributed by atoms with E-state index in [9.17, 15) is 9.59 Å². The van der Waals surface area contributed by atoms with Gasteiger partial charge in [-0.05, 0) is 36.6 Å². The smallest absolute Gasteiger partial charge is 0.247 e. The summed E-state index contributed by atoms with van der Waals surface area (Å²) in [6.45, 7) is 4.70. The van der Waals surface area contributed by atoms with Gasteiger partial charge < -0.3 is 10.2 Å². The molecule has 138 valence electrons. The van der Waals surface area contributed by atoms with Crippen LogP contribution in [-0.4, -0.2) is 23.3 Å². The van der Waals surface area contributed by atoms with Gasteiger partial charge in [0.05, 0.1) is 0 Å². The van der Waals surface area contributed by atoms with E-state index >= 15 is 0 Å². The molecule has 2 aromatic carbocycles. The maximum atomic E-state index is 12.9. The lowest BCUT2D eigenvalue weighted by Crippen LogP contribution is -2.43. The number of nitrogens with zero attached hydrogens (tertiary/aromatic N) is 1. The summed E-state index contributed by atoms with van der Waals surface area (Å²) in [5.74, 6) is -0.209. The topological polar surface area (TPSA) is 49.4 Å². The Hall–Kier alpha value is -2.33. The van der Waals surface area contributed by atoms with Crippen molar-refractivity contribution < 1.29 is 9.59 Å². The van der Waals surface area contributed by atoms with E-state index in [1.54, 1.807) is 17.0 Å². The fourth-order valence-electron chi connectivity index (χ4n) is 2.85. The Morgan fingerprint density at radius 1 is 1.04 bits per heavy atom. The van der Waals surface area contributed by atoms with Gasteiger partial charge in [-0.1, -0.05) is 61.0 Å². The molecule has 0 aliphatic rings. The summed E-state index contributed by atoms with van der Waals surface area (Å²) < 4.78 is 0. The van der Waals surface area contributed by atoms with Crippen molar-refractivity contribution in [2.75, 3.05) is 6.54 Å². The van der Waals surface area contributed by atoms with Crippen molar-refractivity contribution in [2.24, 2.45) is 0 Å². The fraction of sp³-hybridized carbons (Fsp3) is 0.333. The van der Waals surface area contributed by atoms with E-state index in [1.807, 2.05) is 56.3 Å². The highest BCUT2D eigenvalue weighted by molar-refractivity contribution is 6.30. The molecule has 2 amide bonds. The Kier molecular flexibility index (Phi) is 7.67. The standard InChI is InChI=1S/C21H25ClN2O2/c1-3-8-19(25)24(15-16-11-13-18(22)14-12-16)20(21(26)23-4-2)17-9-6-5-7-10-17/h5-7,9-14,20H,3-4,8,15H2,1-2H3,(H,23,26). The molecule has 4 nitrogen and oxygen atoms in total. The van der Waals surface area contributed by atoms with Gasteiger partial charge in [-0.2, -0.15) is 0 Å². The number of nitrogens with one attached hydrogen (secondary N) is 1. The van der Waals surface area contributed by atoms with Gasteiger partial charge in [0.1, 0.15) is 6.04 Å². The largest absolute Gasteiger partial charge is 0.354 e. The highest BCUT2D eigenvalue weighted by atomic mass is 35.5. The van der Waals surface area contributed by atoms with Crippen molar-refractivity contribution in [1.82, 2.24) is 10.2 Å². The molecule has 2 aromatic rings. The predicted molar refractivity (Wildman–Crippen MR) is 105 cm³/mol. The van der Waals surface area contributed by atoms with E-state index in [0.717, 1.165) is 17.5 Å². The molecule has 0 bridgehead atoms. The Morgan fingerprint density at radius 3 is 2.27 bits per heavy atom. The zero-order valence-corrected chi connectivity index (χ0v) is 16.0. The quantitative estimate of drug-likeness (QED) is 0.749. The van der Waals surface area contributed by atoms with Crippen LogP contribution in [0.2, 0.25) is 5.02 Å². The molecule has 26 heavy (non-hydrogen) atoms. The minimum Gasteiger partial charge on any atom is -0.354 e. The number of carbonyl (C=O) groups is 2. The van der Waals surface area contributed by atoms with E-state index in [-0.39, 0.29) is 11.8 Å². The maximum Gasteiger partial charge on any atom is 0.247 e. The number of carbonyl (C=O) groups excluding carboxylic acids is 2. The van der Waals surface area contributed by atoms with Crippen molar-refractivity contribution in [3.05, 3.63) is 70.7 Å². The molecule has 0 aliphatic heterocycles. The normalized spacial score (nSPS) is 11.7. The summed E-state index contributed by atoms with van der Waals surface area (Å²) in [6, 6.07) is 16.1. The fourth-order valence-corrected chi connectivity index (χ4v) is 2.97. The van der Waals surface area contributed by atoms with Crippen LogP contribution in [0.1, 0.15) is 43.9 Å². The highest BCUT2D eigenvalue weighted by Gasteiger charge is 2.30. The molecule has 2 rings (SSSR count). The second-order valence-electron chi connectivity index (χ2n) is 6.11. The van der Waals surface area contributed by atoms with Gasteiger partial charge in [0.25, 0.3) is 0 Å². The van der Waals surface area contributed by atoms with Gasteiger partial charge >= 0.3 is 0 Å². The first-order valence-electron chi connectivity index (χ1n) is 8.93. The van der Waals surface area contributed by atoms with Crippen molar-refractivity contribution >= 4 is 23.4 Å². The Balaban J connectivity index is 2.41. The Bertz CT molecular complexity index is 717. The third-order valence-electron chi connectivity index (χ3n) is 4.08. The third-order valence-corrected chi connectivity index (χ3v) is 4.33. The molecule has 0 radical (unpaired) electrons. The Morgan fingerprint density at radius 2 is 1.69 bits per heavy atom. The summed E-state index contributed by atoms with van der Waals surface area (Å²) in [4.78, 5) is 27.3. The lowest BCUT2D eigenvalue weighted by Gasteiger charge is -2.31. The molecule has 0 saturated carbocycles. The molecular formula is C21H25ClN2O2. The van der Waals surface area contributed by atoms with Crippen LogP contribution in [0.5, 0.6) is 0 Å². The van der Waals surface area contributed by atoms with Crippen LogP contribution in [0.25, 0.3) is 0 Å². The van der Waals surface area contributed by atoms with E-state index in [0.29, 0.717) is 24.5 Å². The van der Waals surface area contributed by atoms with Crippen molar-refractivity contribution in [3.63, 3.8) is 0 Å². The lowest BCUT2D eigenvalue weighted by molar-refractivity contribution is -0.141. The average molecular weight is 373 g/mol. The zero-order chi connectivity index (χ0) is 18.9. The van der Waals surface area contributed by atoms with Gasteiger partial charge in [-0.25, -0.2) is 0 Å². The van der Waals surface area contributed by atoms with E-state index < -0.39 is 6.04 Å². The lowest BCUT2D eigenvalue weighted by atomic mass is 10.0. The van der Waals surface area contributed by atoms with Gasteiger partial charge in [0.15, 0.2) is 0 Å². The molecule has 1 N–H and O–H groups in total. The van der Waals surface area contributed by atoms with E-state index in [1.165, 1.54) is 0 Å². The molecule has 1 unspecified atom stereocenters. The minimum atomic E-state index is -0.661. The first-order valence-corrected chi connectivity index (χ1v) is 9.31. The van der Waals surface area contributed by atoms with Crippen LogP contribution >= 0.6 is 11.6 Å². The monoisotopic (exact) mass is 372 g/mol. The van der Waals surface area contributed by atoms with Crippen molar-refractivity contribution in [1.29, 1.82) is 0 Å². The first kappa shape index (κ1) is 20.0. The molecule has 0 aliphatic carbocycles. The van der Waals surface area contributed by atoms with Crippen LogP contribution in [-0.2, 0) is 16.1 Å². The van der Waals surface area contributed by atoms with E-state index in [4.69, 9.17) is 11.6 Å². The number of amides is 2. The summed E-state index contributed by atoms with van der Waals surface area (Å²) in [5.41, 5.74) is 1.74. The number of hydrogen-bond donors (Lipinski definition) is 1. The number of halogens is 1. The summed E-state index contributed by atoms with van der Waals surface area (Å²) >= 11 is 5.97. The van der Waals surface area contributed by atoms with Gasteiger partial charge in [0, 0.05) is 24.5 Å². The van der Waals surface area contributed by atoms with Gasteiger partial charge in [0.2, 0.25) is 11.8 Å². The molecule has 0 heterocycles. The second kappa shape index (κ2) is 9.97. The zero-order valence-electron chi connectivity index (χ0n) is 15.2. The SMILES string of the molecule is CCCC(=O)N(Cc1ccc(Cl)cc1)C(C(=O)NCC)c1ccccc1. The van der Waals surface area contributed by atoms with Gasteiger partial charge in [-0.15, -0.1) is 0 Å². The molecule has 0 aromatic heterocycles. The number of benzene rings is 2. The first-order chi connectivity index (χ1) is 12.6. The van der Waals surface area contributed by atoms with E-state index in [2.05, 4.69) is 5.32 Å². The number of rotatable bonds is 8. The second-order valence-corrected chi connectivity index (χ2v) is 6.54. The van der Waals surface area contributed by atoms with Crippen LogP contribution < -0.4 is 5.32 Å². The van der Waals surface area contributed by atoms with Crippen LogP contribution in [0.4, 0.5) is 0 Å². The summed E-state index contributed by atoms with van der Waals surface area (Å²) in [7, 11) is 0. The molecular weight excluding hydrogens is 348 g/mol. The summed E-state index contributed by atoms with van der Waals surface area (Å²) in [6.07, 6.45) is 1.13. The molecule has 1 atom stereocenters. The molecule has 5 heteroatoms. The molecule has 0 fully saturated rings. The molecule has 0 spiro atoms. The van der Waals surface area contributed by atoms with Crippen LogP contribution in [0.15, 0.2) is 54.6 Å². The van der Waals surface area contributed by atoms with Crippen molar-refractivity contribution in [3.8, 4) is 0 Å². The number of likely N-dealkylation sites (N-methyl/N-ethyl adjacent to an activating group) is 1. The maximum absolute atomic E-state index is 12.9. The van der Waals surface area contributed by atoms with Crippen LogP contribution in [0, 0.1) is 0 Å². The highest BCUT2D eigenvalue weighted by Crippen LogP contribution is 2.25. The minimum absolute atomic E-state index is 0.0393.